The number of pyridine rings is 1. The van der Waals surface area contributed by atoms with Crippen molar-refractivity contribution < 1.29 is 0 Å². The molecule has 2 N–H and O–H groups in total. The Morgan fingerprint density at radius 2 is 1.79 bits per heavy atom. The molecule has 2 fully saturated rings. The lowest BCUT2D eigenvalue weighted by Crippen LogP contribution is -2.44. The maximum Gasteiger partial charge on any atom is 0.230 e. The third-order valence-electron chi connectivity index (χ3n) is 7.46. The molecule has 0 spiro atoms. The van der Waals surface area contributed by atoms with Crippen molar-refractivity contribution in [2.45, 2.75) is 45.2 Å². The van der Waals surface area contributed by atoms with Gasteiger partial charge in [-0.25, -0.2) is 24.9 Å². The lowest BCUT2D eigenvalue weighted by molar-refractivity contribution is 0.0937. The summed E-state index contributed by atoms with van der Waals surface area (Å²) in [5.41, 5.74) is 2.76. The second-order valence-corrected chi connectivity index (χ2v) is 11.3. The molecule has 2 aliphatic heterocycles. The number of nitrogens with zero attached hydrogens (tertiary/aromatic N) is 8. The largest absolute Gasteiger partial charge is 0.325 e. The van der Waals surface area contributed by atoms with Crippen LogP contribution in [-0.2, 0) is 6.54 Å². The van der Waals surface area contributed by atoms with Gasteiger partial charge in [0.25, 0.3) is 0 Å². The Bertz CT molecular complexity index is 1410. The minimum atomic E-state index is 0.486. The van der Waals surface area contributed by atoms with E-state index in [1.54, 1.807) is 29.8 Å². The van der Waals surface area contributed by atoms with Gasteiger partial charge < -0.3 is 10.2 Å². The minimum absolute atomic E-state index is 0.486. The Kier molecular flexibility index (Phi) is 7.71. The molecule has 0 bridgehead atoms. The van der Waals surface area contributed by atoms with Crippen LogP contribution in [0.1, 0.15) is 37.1 Å². The Balaban J connectivity index is 1.10. The average Bonchev–Trinajstić information content (AvgIpc) is 3.58. The van der Waals surface area contributed by atoms with Crippen LogP contribution in [0.4, 0.5) is 22.7 Å². The molecule has 6 heterocycles. The van der Waals surface area contributed by atoms with Gasteiger partial charge >= 0.3 is 0 Å². The van der Waals surface area contributed by atoms with E-state index < -0.39 is 0 Å². The van der Waals surface area contributed by atoms with Crippen molar-refractivity contribution in [2.75, 3.05) is 37.3 Å². The molecule has 2 saturated heterocycles. The van der Waals surface area contributed by atoms with Crippen molar-refractivity contribution in [3.63, 3.8) is 0 Å². The third kappa shape index (κ3) is 6.38. The van der Waals surface area contributed by atoms with Gasteiger partial charge in [-0.2, -0.15) is 4.98 Å². The number of aryl methyl sites for hydroxylation is 1. The first-order valence-electron chi connectivity index (χ1n) is 13.6. The molecule has 39 heavy (non-hydrogen) atoms. The summed E-state index contributed by atoms with van der Waals surface area (Å²) < 4.78 is 0. The molecule has 2 atom stereocenters. The molecule has 10 nitrogen and oxygen atoms in total. The van der Waals surface area contributed by atoms with Crippen molar-refractivity contribution >= 4 is 34.1 Å². The average molecular weight is 543 g/mol. The molecule has 0 saturated carbocycles. The second-order valence-electron chi connectivity index (χ2n) is 10.4. The number of hydrogen-bond donors (Lipinski definition) is 2. The molecule has 0 amide bonds. The van der Waals surface area contributed by atoms with Gasteiger partial charge in [0.05, 0.1) is 5.69 Å². The zero-order valence-corrected chi connectivity index (χ0v) is 23.2. The summed E-state index contributed by atoms with van der Waals surface area (Å²) in [5.74, 6) is 3.08. The monoisotopic (exact) mass is 542 g/mol. The Morgan fingerprint density at radius 3 is 2.64 bits per heavy atom. The molecule has 11 heteroatoms. The second kappa shape index (κ2) is 11.7. The summed E-state index contributed by atoms with van der Waals surface area (Å²) in [6.07, 6.45) is 8.65. The van der Waals surface area contributed by atoms with E-state index in [9.17, 15) is 0 Å². The maximum atomic E-state index is 4.87. The highest BCUT2D eigenvalue weighted by Gasteiger charge is 2.33. The zero-order chi connectivity index (χ0) is 26.6. The number of thiazole rings is 1. The Morgan fingerprint density at radius 1 is 0.923 bits per heavy atom. The molecule has 2 unspecified atom stereocenters. The molecule has 2 aliphatic rings. The van der Waals surface area contributed by atoms with Gasteiger partial charge in [0.15, 0.2) is 11.0 Å². The van der Waals surface area contributed by atoms with E-state index in [2.05, 4.69) is 57.8 Å². The summed E-state index contributed by atoms with van der Waals surface area (Å²) in [5, 5.41) is 9.48. The van der Waals surface area contributed by atoms with E-state index in [4.69, 9.17) is 4.98 Å². The smallest absolute Gasteiger partial charge is 0.230 e. The zero-order valence-electron chi connectivity index (χ0n) is 22.4. The number of likely N-dealkylation sites (tertiary alicyclic amines) is 2. The van der Waals surface area contributed by atoms with E-state index in [0.29, 0.717) is 29.5 Å². The van der Waals surface area contributed by atoms with Gasteiger partial charge in [0, 0.05) is 42.6 Å². The predicted molar refractivity (Wildman–Crippen MR) is 154 cm³/mol. The predicted octanol–water partition coefficient (Wildman–Crippen LogP) is 4.89. The summed E-state index contributed by atoms with van der Waals surface area (Å²) in [6.45, 7) is 6.44. The number of aromatic nitrogens is 6. The fraction of sp³-hybridized carbons (Fsp3) is 0.429. The van der Waals surface area contributed by atoms with Crippen molar-refractivity contribution in [1.82, 2.24) is 39.7 Å². The lowest BCUT2D eigenvalue weighted by Gasteiger charge is -2.39. The first kappa shape index (κ1) is 25.7. The van der Waals surface area contributed by atoms with Gasteiger partial charge in [0.2, 0.25) is 5.95 Å². The first-order chi connectivity index (χ1) is 19.1. The SMILES string of the molecule is Cc1cccc(-c2nccc(Nc3ccnc(Nc4nc(CN5CCCCC5C5CCN(C)C5)cs4)n3)n2)n1. The number of anilines is 4. The van der Waals surface area contributed by atoms with Crippen LogP contribution in [0.15, 0.2) is 48.1 Å². The standard InChI is InChI=1S/C28H34N10S/c1-19-6-5-7-22(31-19)26-29-12-9-24(34-26)33-25-10-13-30-27(35-25)36-28-32-21(18-39-28)17-38-14-4-3-8-23(38)20-11-15-37(2)16-20/h5-7,9-10,12-13,18,20,23H,3-4,8,11,14-17H2,1-2H3,(H2,29,30,32,33,34,35,36). The summed E-state index contributed by atoms with van der Waals surface area (Å²) >= 11 is 1.59. The first-order valence-corrected chi connectivity index (χ1v) is 14.5. The van der Waals surface area contributed by atoms with Crippen molar-refractivity contribution in [3.05, 3.63) is 59.5 Å². The van der Waals surface area contributed by atoms with Crippen LogP contribution in [0.5, 0.6) is 0 Å². The van der Waals surface area contributed by atoms with E-state index in [-0.39, 0.29) is 0 Å². The van der Waals surface area contributed by atoms with E-state index in [0.717, 1.165) is 41.2 Å². The highest BCUT2D eigenvalue weighted by atomic mass is 32.1. The van der Waals surface area contributed by atoms with Crippen molar-refractivity contribution in [2.24, 2.45) is 5.92 Å². The molecule has 0 radical (unpaired) electrons. The lowest BCUT2D eigenvalue weighted by atomic mass is 9.89. The molecule has 6 rings (SSSR count). The van der Waals surface area contributed by atoms with Crippen LogP contribution >= 0.6 is 11.3 Å². The van der Waals surface area contributed by atoms with E-state index in [1.165, 1.54) is 38.8 Å². The summed E-state index contributed by atoms with van der Waals surface area (Å²) in [6, 6.07) is 10.1. The van der Waals surface area contributed by atoms with Crippen LogP contribution in [0.2, 0.25) is 0 Å². The fourth-order valence-corrected chi connectivity index (χ4v) is 6.30. The fourth-order valence-electron chi connectivity index (χ4n) is 5.61. The normalized spacial score (nSPS) is 20.3. The quantitative estimate of drug-likeness (QED) is 0.320. The van der Waals surface area contributed by atoms with Crippen LogP contribution < -0.4 is 10.6 Å². The maximum absolute atomic E-state index is 4.87. The number of hydrogen-bond acceptors (Lipinski definition) is 11. The molecule has 202 valence electrons. The number of nitrogens with one attached hydrogen (secondary N) is 2. The van der Waals surface area contributed by atoms with Crippen LogP contribution in [0, 0.1) is 12.8 Å². The molecule has 0 aliphatic carbocycles. The van der Waals surface area contributed by atoms with Crippen molar-refractivity contribution in [1.29, 1.82) is 0 Å². The van der Waals surface area contributed by atoms with Gasteiger partial charge in [-0.3, -0.25) is 10.2 Å². The third-order valence-corrected chi connectivity index (χ3v) is 8.26. The summed E-state index contributed by atoms with van der Waals surface area (Å²) in [7, 11) is 2.24. The number of rotatable bonds is 8. The highest BCUT2D eigenvalue weighted by Crippen LogP contribution is 2.31. The van der Waals surface area contributed by atoms with Crippen LogP contribution in [0.3, 0.4) is 0 Å². The Labute approximate surface area is 233 Å². The molecule has 4 aromatic rings. The Hall–Kier alpha value is -3.54. The minimum Gasteiger partial charge on any atom is -0.325 e. The molecular formula is C28H34N10S. The molecular weight excluding hydrogens is 508 g/mol. The van der Waals surface area contributed by atoms with Gasteiger partial charge in [-0.05, 0) is 76.5 Å². The number of piperidine rings is 1. The van der Waals surface area contributed by atoms with Gasteiger partial charge in [0.1, 0.15) is 17.3 Å². The van der Waals surface area contributed by atoms with E-state index >= 15 is 0 Å². The van der Waals surface area contributed by atoms with Crippen LogP contribution in [0.25, 0.3) is 11.5 Å². The van der Waals surface area contributed by atoms with Gasteiger partial charge in [-0.1, -0.05) is 12.5 Å². The van der Waals surface area contributed by atoms with Crippen LogP contribution in [-0.4, -0.2) is 72.4 Å². The van der Waals surface area contributed by atoms with Gasteiger partial charge in [-0.15, -0.1) is 11.3 Å². The summed E-state index contributed by atoms with van der Waals surface area (Å²) in [4.78, 5) is 32.5. The topological polar surface area (TPSA) is 108 Å². The van der Waals surface area contributed by atoms with Crippen molar-refractivity contribution in [3.8, 4) is 11.5 Å². The molecule has 0 aromatic carbocycles. The highest BCUT2D eigenvalue weighted by molar-refractivity contribution is 7.13. The molecule has 4 aromatic heterocycles. The van der Waals surface area contributed by atoms with E-state index in [1.807, 2.05) is 31.2 Å².